The normalized spacial score (nSPS) is 18.2. The Morgan fingerprint density at radius 1 is 1.11 bits per heavy atom. The SMILES string of the molecule is Cc1ccc2sc(NC3CCCCCCC3)nc2c1. The molecule has 3 rings (SSSR count). The summed E-state index contributed by atoms with van der Waals surface area (Å²) in [7, 11) is 0. The monoisotopic (exact) mass is 274 g/mol. The third-order valence-corrected chi connectivity index (χ3v) is 4.94. The zero-order chi connectivity index (χ0) is 13.1. The predicted octanol–water partition coefficient (Wildman–Crippen LogP) is 5.13. The molecule has 1 saturated carbocycles. The fourth-order valence-corrected chi connectivity index (χ4v) is 3.80. The summed E-state index contributed by atoms with van der Waals surface area (Å²) < 4.78 is 1.29. The molecule has 0 spiro atoms. The van der Waals surface area contributed by atoms with E-state index in [4.69, 9.17) is 4.98 Å². The van der Waals surface area contributed by atoms with Crippen LogP contribution >= 0.6 is 11.3 Å². The number of benzene rings is 1. The van der Waals surface area contributed by atoms with Crippen LogP contribution in [0, 0.1) is 6.92 Å². The molecule has 1 aliphatic carbocycles. The lowest BCUT2D eigenvalue weighted by Crippen LogP contribution is -2.20. The number of anilines is 1. The Morgan fingerprint density at radius 3 is 2.63 bits per heavy atom. The molecule has 102 valence electrons. The topological polar surface area (TPSA) is 24.9 Å². The van der Waals surface area contributed by atoms with E-state index in [2.05, 4.69) is 30.4 Å². The standard InChI is InChI=1S/C16H22N2S/c1-12-9-10-15-14(11-12)18-16(19-15)17-13-7-5-3-2-4-6-8-13/h9-11,13H,2-8H2,1H3,(H,17,18). The van der Waals surface area contributed by atoms with Crippen molar-refractivity contribution in [3.63, 3.8) is 0 Å². The van der Waals surface area contributed by atoms with E-state index in [0.717, 1.165) is 10.6 Å². The quantitative estimate of drug-likeness (QED) is 0.821. The summed E-state index contributed by atoms with van der Waals surface area (Å²) in [5, 5.41) is 4.77. The molecule has 2 aromatic rings. The Morgan fingerprint density at radius 2 is 1.84 bits per heavy atom. The molecule has 3 heteroatoms. The Labute approximate surface area is 119 Å². The maximum atomic E-state index is 4.73. The predicted molar refractivity (Wildman–Crippen MR) is 84.1 cm³/mol. The van der Waals surface area contributed by atoms with Gasteiger partial charge < -0.3 is 5.32 Å². The minimum absolute atomic E-state index is 0.627. The van der Waals surface area contributed by atoms with Gasteiger partial charge in [-0.1, -0.05) is 49.5 Å². The number of aromatic nitrogens is 1. The second-order valence-electron chi connectivity index (χ2n) is 5.68. The first-order valence-corrected chi connectivity index (χ1v) is 8.27. The van der Waals surface area contributed by atoms with Gasteiger partial charge >= 0.3 is 0 Å². The van der Waals surface area contributed by atoms with Crippen molar-refractivity contribution < 1.29 is 0 Å². The maximum absolute atomic E-state index is 4.73. The number of rotatable bonds is 2. The zero-order valence-electron chi connectivity index (χ0n) is 11.6. The highest BCUT2D eigenvalue weighted by atomic mass is 32.1. The Kier molecular flexibility index (Phi) is 4.02. The van der Waals surface area contributed by atoms with Gasteiger partial charge in [0.05, 0.1) is 10.2 Å². The van der Waals surface area contributed by atoms with Crippen molar-refractivity contribution in [2.45, 2.75) is 57.9 Å². The lowest BCUT2D eigenvalue weighted by Gasteiger charge is -2.20. The van der Waals surface area contributed by atoms with Crippen LogP contribution in [0.4, 0.5) is 5.13 Å². The third kappa shape index (κ3) is 3.27. The van der Waals surface area contributed by atoms with Gasteiger partial charge in [0.25, 0.3) is 0 Å². The molecule has 0 amide bonds. The molecule has 0 bridgehead atoms. The summed E-state index contributed by atoms with van der Waals surface area (Å²) in [4.78, 5) is 4.73. The molecule has 2 nitrogen and oxygen atoms in total. The van der Waals surface area contributed by atoms with Crippen LogP contribution in [0.5, 0.6) is 0 Å². The average Bonchev–Trinajstić information content (AvgIpc) is 2.74. The Bertz CT molecular complexity index is 539. The van der Waals surface area contributed by atoms with Crippen molar-refractivity contribution in [3.8, 4) is 0 Å². The summed E-state index contributed by atoms with van der Waals surface area (Å²) in [6.07, 6.45) is 9.55. The van der Waals surface area contributed by atoms with Gasteiger partial charge in [-0.25, -0.2) is 4.98 Å². The van der Waals surface area contributed by atoms with E-state index in [0.29, 0.717) is 6.04 Å². The molecular weight excluding hydrogens is 252 g/mol. The van der Waals surface area contributed by atoms with Crippen LogP contribution in [-0.2, 0) is 0 Å². The van der Waals surface area contributed by atoms with E-state index in [9.17, 15) is 0 Å². The number of fused-ring (bicyclic) bond motifs is 1. The van der Waals surface area contributed by atoms with Crippen LogP contribution in [0.1, 0.15) is 50.5 Å². The van der Waals surface area contributed by atoms with Gasteiger partial charge in [-0.2, -0.15) is 0 Å². The van der Waals surface area contributed by atoms with Gasteiger partial charge in [0.15, 0.2) is 5.13 Å². The summed E-state index contributed by atoms with van der Waals surface area (Å²) >= 11 is 1.79. The second kappa shape index (κ2) is 5.91. The van der Waals surface area contributed by atoms with E-state index in [1.54, 1.807) is 11.3 Å². The molecule has 0 aliphatic heterocycles. The fraction of sp³-hybridized carbons (Fsp3) is 0.562. The third-order valence-electron chi connectivity index (χ3n) is 3.98. The number of nitrogens with one attached hydrogen (secondary N) is 1. The van der Waals surface area contributed by atoms with Crippen molar-refractivity contribution >= 4 is 26.7 Å². The van der Waals surface area contributed by atoms with Crippen LogP contribution in [-0.4, -0.2) is 11.0 Å². The number of aryl methyl sites for hydroxylation is 1. The molecule has 1 N–H and O–H groups in total. The van der Waals surface area contributed by atoms with Crippen molar-refractivity contribution in [3.05, 3.63) is 23.8 Å². The highest BCUT2D eigenvalue weighted by Gasteiger charge is 2.13. The highest BCUT2D eigenvalue weighted by molar-refractivity contribution is 7.22. The highest BCUT2D eigenvalue weighted by Crippen LogP contribution is 2.28. The minimum atomic E-state index is 0.627. The summed E-state index contributed by atoms with van der Waals surface area (Å²) in [6.45, 7) is 2.13. The fourth-order valence-electron chi connectivity index (χ4n) is 2.87. The Hall–Kier alpha value is -1.09. The van der Waals surface area contributed by atoms with E-state index in [1.165, 1.54) is 55.2 Å². The molecule has 1 aliphatic rings. The van der Waals surface area contributed by atoms with E-state index < -0.39 is 0 Å². The molecule has 19 heavy (non-hydrogen) atoms. The molecule has 1 heterocycles. The summed E-state index contributed by atoms with van der Waals surface area (Å²) in [5.74, 6) is 0. The molecule has 1 fully saturated rings. The number of nitrogens with zero attached hydrogens (tertiary/aromatic N) is 1. The van der Waals surface area contributed by atoms with Crippen molar-refractivity contribution in [2.24, 2.45) is 0 Å². The van der Waals surface area contributed by atoms with E-state index in [-0.39, 0.29) is 0 Å². The number of hydrogen-bond donors (Lipinski definition) is 1. The lowest BCUT2D eigenvalue weighted by atomic mass is 9.97. The number of thiazole rings is 1. The van der Waals surface area contributed by atoms with Crippen molar-refractivity contribution in [2.75, 3.05) is 5.32 Å². The molecule has 0 saturated heterocycles. The number of hydrogen-bond acceptors (Lipinski definition) is 3. The molecule has 0 unspecified atom stereocenters. The van der Waals surface area contributed by atoms with E-state index in [1.807, 2.05) is 0 Å². The lowest BCUT2D eigenvalue weighted by molar-refractivity contribution is 0.471. The first kappa shape index (κ1) is 12.9. The van der Waals surface area contributed by atoms with Crippen molar-refractivity contribution in [1.29, 1.82) is 0 Å². The first-order valence-electron chi connectivity index (χ1n) is 7.45. The van der Waals surface area contributed by atoms with Gasteiger partial charge in [0.2, 0.25) is 0 Å². The molecule has 0 atom stereocenters. The molecule has 1 aromatic carbocycles. The summed E-state index contributed by atoms with van der Waals surface area (Å²) in [5.41, 5.74) is 2.42. The van der Waals surface area contributed by atoms with Crippen LogP contribution in [0.25, 0.3) is 10.2 Å². The minimum Gasteiger partial charge on any atom is -0.359 e. The Balaban J connectivity index is 1.72. The maximum Gasteiger partial charge on any atom is 0.184 e. The van der Waals surface area contributed by atoms with Gasteiger partial charge in [0, 0.05) is 6.04 Å². The summed E-state index contributed by atoms with van der Waals surface area (Å²) in [6, 6.07) is 7.16. The molecule has 0 radical (unpaired) electrons. The molecular formula is C16H22N2S. The smallest absolute Gasteiger partial charge is 0.184 e. The van der Waals surface area contributed by atoms with Gasteiger partial charge in [-0.05, 0) is 37.5 Å². The zero-order valence-corrected chi connectivity index (χ0v) is 12.4. The average molecular weight is 274 g/mol. The van der Waals surface area contributed by atoms with Crippen LogP contribution in [0.15, 0.2) is 18.2 Å². The molecule has 1 aromatic heterocycles. The van der Waals surface area contributed by atoms with Gasteiger partial charge in [-0.15, -0.1) is 0 Å². The van der Waals surface area contributed by atoms with Gasteiger partial charge in [0.1, 0.15) is 0 Å². The van der Waals surface area contributed by atoms with E-state index >= 15 is 0 Å². The van der Waals surface area contributed by atoms with Crippen LogP contribution in [0.3, 0.4) is 0 Å². The van der Waals surface area contributed by atoms with Crippen LogP contribution in [0.2, 0.25) is 0 Å². The second-order valence-corrected chi connectivity index (χ2v) is 6.71. The van der Waals surface area contributed by atoms with Crippen LogP contribution < -0.4 is 5.32 Å². The van der Waals surface area contributed by atoms with Crippen molar-refractivity contribution in [1.82, 2.24) is 4.98 Å². The first-order chi connectivity index (χ1) is 9.31. The largest absolute Gasteiger partial charge is 0.359 e. The van der Waals surface area contributed by atoms with Gasteiger partial charge in [-0.3, -0.25) is 0 Å².